The number of allylic oxidation sites excluding steroid dienone is 1. The molecule has 1 aliphatic rings. The van der Waals surface area contributed by atoms with Gasteiger partial charge in [-0.2, -0.15) is 5.10 Å². The average Bonchev–Trinajstić information content (AvgIpc) is 3.03. The van der Waals surface area contributed by atoms with Crippen LogP contribution in [0.25, 0.3) is 0 Å². The number of methoxy groups -OCH3 is 2. The van der Waals surface area contributed by atoms with Crippen LogP contribution in [0, 0.1) is 7.14 Å². The van der Waals surface area contributed by atoms with Gasteiger partial charge in [0, 0.05) is 9.27 Å². The third kappa shape index (κ3) is 9.16. The summed E-state index contributed by atoms with van der Waals surface area (Å²) in [4.78, 5) is 24.6. The molecule has 244 valence electrons. The van der Waals surface area contributed by atoms with E-state index >= 15 is 0 Å². The lowest BCUT2D eigenvalue weighted by atomic mass is 9.95. The summed E-state index contributed by atoms with van der Waals surface area (Å²) in [5.41, 5.74) is 5.68. The highest BCUT2D eigenvalue weighted by atomic mass is 127. The van der Waals surface area contributed by atoms with E-state index in [2.05, 4.69) is 66.3 Å². The number of hydrogen-bond acceptors (Lipinski definition) is 10. The van der Waals surface area contributed by atoms with Gasteiger partial charge in [0.1, 0.15) is 13.2 Å². The Morgan fingerprint density at radius 3 is 2.50 bits per heavy atom. The number of aliphatic hydroxyl groups is 1. The molecule has 2 atom stereocenters. The van der Waals surface area contributed by atoms with Crippen molar-refractivity contribution >= 4 is 63.4 Å². The van der Waals surface area contributed by atoms with Gasteiger partial charge in [0.15, 0.2) is 29.2 Å². The second-order valence-corrected chi connectivity index (χ2v) is 12.3. The zero-order valence-electron chi connectivity index (χ0n) is 25.6. The third-order valence-corrected chi connectivity index (χ3v) is 8.18. The maximum atomic E-state index is 12.5. The first-order valence-corrected chi connectivity index (χ1v) is 16.3. The summed E-state index contributed by atoms with van der Waals surface area (Å²) in [6.45, 7) is 4.03. The molecule has 1 heterocycles. The Kier molecular flexibility index (Phi) is 12.7. The number of carbonyl (C=O) groups excluding carboxylic acids is 2. The molecule has 4 rings (SSSR count). The summed E-state index contributed by atoms with van der Waals surface area (Å²) in [5.74, 6) is 1.35. The van der Waals surface area contributed by atoms with Crippen LogP contribution in [-0.4, -0.2) is 57.0 Å². The number of benzene rings is 3. The fourth-order valence-electron chi connectivity index (χ4n) is 4.51. The number of hydrogen-bond donors (Lipinski definition) is 4. The van der Waals surface area contributed by atoms with E-state index < -0.39 is 24.3 Å². The van der Waals surface area contributed by atoms with Gasteiger partial charge in [0.05, 0.1) is 42.2 Å². The zero-order chi connectivity index (χ0) is 33.2. The monoisotopic (exact) mass is 856 g/mol. The molecule has 12 nitrogen and oxygen atoms in total. The number of amides is 2. The highest BCUT2D eigenvalue weighted by Gasteiger charge is 2.32. The lowest BCUT2D eigenvalue weighted by Crippen LogP contribution is -2.45. The smallest absolute Gasteiger partial charge is 0.337 e. The molecule has 4 N–H and O–H groups in total. The minimum atomic E-state index is -1.15. The SMILES string of the molecule is CCOc1cc([C@H]2NC(=O)NC(C)=C2C(=O)OC)ccc1OC[C@@H](O)N/N=C\c1cc(I)c(OCc2ccc(I)cc2)c(OC)c1. The molecule has 0 spiro atoms. The largest absolute Gasteiger partial charge is 0.493 e. The van der Waals surface area contributed by atoms with Gasteiger partial charge in [-0.15, -0.1) is 0 Å². The molecule has 3 aromatic carbocycles. The van der Waals surface area contributed by atoms with Crippen LogP contribution in [0.15, 0.2) is 71.0 Å². The second-order valence-electron chi connectivity index (χ2n) is 9.86. The molecular formula is C32H34I2N4O8. The third-order valence-electron chi connectivity index (χ3n) is 6.66. The first-order valence-electron chi connectivity index (χ1n) is 14.1. The molecule has 0 radical (unpaired) electrons. The molecule has 0 saturated carbocycles. The van der Waals surface area contributed by atoms with Crippen LogP contribution in [0.4, 0.5) is 4.79 Å². The summed E-state index contributed by atoms with van der Waals surface area (Å²) >= 11 is 4.45. The summed E-state index contributed by atoms with van der Waals surface area (Å²) < 4.78 is 30.1. The topological polar surface area (TPSA) is 149 Å². The molecule has 0 bridgehead atoms. The number of carbonyl (C=O) groups is 2. The van der Waals surface area contributed by atoms with Crippen molar-refractivity contribution < 1.29 is 38.4 Å². The Morgan fingerprint density at radius 2 is 1.80 bits per heavy atom. The Bertz CT molecular complexity index is 1610. The van der Waals surface area contributed by atoms with E-state index in [1.165, 1.54) is 7.11 Å². The van der Waals surface area contributed by atoms with Crippen LogP contribution >= 0.6 is 45.2 Å². The molecule has 0 fully saturated rings. The predicted molar refractivity (Wildman–Crippen MR) is 188 cm³/mol. The van der Waals surface area contributed by atoms with E-state index in [1.54, 1.807) is 44.5 Å². The molecule has 0 unspecified atom stereocenters. The van der Waals surface area contributed by atoms with Gasteiger partial charge in [0.25, 0.3) is 0 Å². The van der Waals surface area contributed by atoms with Crippen molar-refractivity contribution in [2.45, 2.75) is 32.7 Å². The van der Waals surface area contributed by atoms with Crippen LogP contribution in [0.5, 0.6) is 23.0 Å². The van der Waals surface area contributed by atoms with E-state index in [0.29, 0.717) is 47.5 Å². The quantitative estimate of drug-likeness (QED) is 0.0578. The minimum absolute atomic E-state index is 0.153. The Morgan fingerprint density at radius 1 is 1.04 bits per heavy atom. The number of halogens is 2. The van der Waals surface area contributed by atoms with Gasteiger partial charge in [-0.1, -0.05) is 18.2 Å². The van der Waals surface area contributed by atoms with Crippen molar-refractivity contribution in [1.82, 2.24) is 16.1 Å². The molecular weight excluding hydrogens is 822 g/mol. The van der Waals surface area contributed by atoms with Crippen LogP contribution in [-0.2, 0) is 16.1 Å². The molecule has 14 heteroatoms. The summed E-state index contributed by atoms with van der Waals surface area (Å²) in [6, 6.07) is 15.6. The van der Waals surface area contributed by atoms with Gasteiger partial charge in [-0.3, -0.25) is 5.43 Å². The molecule has 3 aromatic rings. The zero-order valence-corrected chi connectivity index (χ0v) is 29.9. The molecule has 0 saturated heterocycles. The number of esters is 1. The van der Waals surface area contributed by atoms with E-state index in [9.17, 15) is 14.7 Å². The van der Waals surface area contributed by atoms with Crippen molar-refractivity contribution in [1.29, 1.82) is 0 Å². The minimum Gasteiger partial charge on any atom is -0.493 e. The number of rotatable bonds is 14. The Balaban J connectivity index is 1.38. The van der Waals surface area contributed by atoms with Gasteiger partial charge in [0.2, 0.25) is 0 Å². The number of hydrazone groups is 1. The number of nitrogens with one attached hydrogen (secondary N) is 3. The fourth-order valence-corrected chi connectivity index (χ4v) is 5.65. The van der Waals surface area contributed by atoms with Crippen LogP contribution in [0.1, 0.15) is 36.6 Å². The second kappa shape index (κ2) is 16.7. The van der Waals surface area contributed by atoms with Crippen molar-refractivity contribution in [2.75, 3.05) is 27.4 Å². The summed E-state index contributed by atoms with van der Waals surface area (Å²) in [5, 5.41) is 20.0. The highest BCUT2D eigenvalue weighted by molar-refractivity contribution is 14.1. The molecule has 0 aromatic heterocycles. The van der Waals surface area contributed by atoms with Crippen molar-refractivity contribution in [3.05, 3.63) is 89.7 Å². The van der Waals surface area contributed by atoms with Crippen LogP contribution in [0.2, 0.25) is 0 Å². The first kappa shape index (κ1) is 35.1. The highest BCUT2D eigenvalue weighted by Crippen LogP contribution is 2.36. The fraction of sp³-hybridized carbons (Fsp3) is 0.281. The van der Waals surface area contributed by atoms with Crippen molar-refractivity contribution in [3.63, 3.8) is 0 Å². The molecule has 1 aliphatic heterocycles. The standard InChI is InChI=1S/C32H34I2N4O8/c1-5-44-25-14-21(29-28(31(40)43-4)18(2)36-32(41)37-29)8-11-24(25)45-17-27(39)38-35-15-20-12-23(34)30(26(13-20)42-3)46-16-19-6-9-22(33)10-7-19/h6-15,27,29,38-39H,5,16-17H2,1-4H3,(H2,36,37,41)/b35-15-/t27-,29-/m1/s1. The van der Waals surface area contributed by atoms with E-state index in [-0.39, 0.29) is 12.2 Å². The number of nitrogens with zero attached hydrogens (tertiary/aromatic N) is 1. The lowest BCUT2D eigenvalue weighted by Gasteiger charge is -2.28. The van der Waals surface area contributed by atoms with Gasteiger partial charge in [-0.05, 0) is 112 Å². The van der Waals surface area contributed by atoms with Crippen LogP contribution < -0.4 is 35.0 Å². The van der Waals surface area contributed by atoms with Crippen molar-refractivity contribution in [3.8, 4) is 23.0 Å². The number of aliphatic hydroxyl groups excluding tert-OH is 1. The van der Waals surface area contributed by atoms with Crippen LogP contribution in [0.3, 0.4) is 0 Å². The van der Waals surface area contributed by atoms with Crippen molar-refractivity contribution in [2.24, 2.45) is 5.10 Å². The maximum absolute atomic E-state index is 12.5. The van der Waals surface area contributed by atoms with E-state index in [1.807, 2.05) is 37.3 Å². The van der Waals surface area contributed by atoms with Gasteiger partial charge in [-0.25, -0.2) is 9.59 Å². The summed E-state index contributed by atoms with van der Waals surface area (Å²) in [6.07, 6.45) is 0.405. The first-order chi connectivity index (χ1) is 22.1. The Labute approximate surface area is 294 Å². The maximum Gasteiger partial charge on any atom is 0.337 e. The number of ether oxygens (including phenoxy) is 5. The predicted octanol–water partition coefficient (Wildman–Crippen LogP) is 5.00. The lowest BCUT2D eigenvalue weighted by molar-refractivity contribution is -0.136. The average molecular weight is 856 g/mol. The normalized spacial score (nSPS) is 15.1. The number of urea groups is 1. The van der Waals surface area contributed by atoms with E-state index in [4.69, 9.17) is 23.7 Å². The molecule has 46 heavy (non-hydrogen) atoms. The molecule has 0 aliphatic carbocycles. The van der Waals surface area contributed by atoms with Gasteiger partial charge >= 0.3 is 12.0 Å². The molecule has 2 amide bonds. The Hall–Kier alpha value is -3.77. The van der Waals surface area contributed by atoms with Gasteiger partial charge < -0.3 is 39.4 Å². The summed E-state index contributed by atoms with van der Waals surface area (Å²) in [7, 11) is 2.85. The van der Waals surface area contributed by atoms with E-state index in [0.717, 1.165) is 18.3 Å².